The summed E-state index contributed by atoms with van der Waals surface area (Å²) < 4.78 is 52.1. The van der Waals surface area contributed by atoms with E-state index in [1.165, 1.54) is 26.1 Å². The average molecular weight is 395 g/mol. The van der Waals surface area contributed by atoms with Crippen LogP contribution in [0.3, 0.4) is 0 Å². The van der Waals surface area contributed by atoms with Gasteiger partial charge < -0.3 is 10.8 Å². The van der Waals surface area contributed by atoms with Crippen LogP contribution < -0.4 is 5.73 Å². The van der Waals surface area contributed by atoms with E-state index in [1.54, 1.807) is 6.07 Å². The van der Waals surface area contributed by atoms with E-state index in [0.29, 0.717) is 11.6 Å². The van der Waals surface area contributed by atoms with Crippen molar-refractivity contribution in [3.8, 4) is 0 Å². The minimum Gasteiger partial charge on any atom is -0.478 e. The molecule has 0 aliphatic rings. The van der Waals surface area contributed by atoms with E-state index in [9.17, 15) is 27.5 Å². The maximum absolute atomic E-state index is 13.5. The average Bonchev–Trinajstić information content (AvgIpc) is 2.52. The summed E-state index contributed by atoms with van der Waals surface area (Å²) in [5.41, 5.74) is 5.20. The number of carboxylic acid groups (broad SMARTS) is 1. The van der Waals surface area contributed by atoms with E-state index in [0.717, 1.165) is 12.1 Å². The lowest BCUT2D eigenvalue weighted by molar-refractivity contribution is -0.138. The highest BCUT2D eigenvalue weighted by atomic mass is 19.4. The lowest BCUT2D eigenvalue weighted by Gasteiger charge is -2.10. The number of aromatic nitrogens is 1. The number of pyridine rings is 1. The molecule has 3 N–H and O–H groups in total. The SMILES string of the molecule is CC(=Nc1cc(Cc2cc(F)cc(C(F)(F)F)c2)ccn1)/C(C(=O)O)=C(/C)N. The van der Waals surface area contributed by atoms with Crippen molar-refractivity contribution in [3.63, 3.8) is 0 Å². The third-order valence-electron chi connectivity index (χ3n) is 3.76. The van der Waals surface area contributed by atoms with Crippen LogP contribution >= 0.6 is 0 Å². The first-order chi connectivity index (χ1) is 13.0. The molecule has 1 heterocycles. The largest absolute Gasteiger partial charge is 0.478 e. The van der Waals surface area contributed by atoms with Crippen LogP contribution in [0, 0.1) is 5.82 Å². The normalized spacial score (nSPS) is 13.3. The van der Waals surface area contributed by atoms with Crippen molar-refractivity contribution >= 4 is 17.5 Å². The Balaban J connectivity index is 2.35. The molecule has 1 aromatic carbocycles. The first-order valence-corrected chi connectivity index (χ1v) is 8.04. The zero-order chi connectivity index (χ0) is 21.1. The Labute approximate surface area is 158 Å². The van der Waals surface area contributed by atoms with Gasteiger partial charge in [0.15, 0.2) is 5.82 Å². The number of nitrogens with two attached hydrogens (primary N) is 1. The fourth-order valence-electron chi connectivity index (χ4n) is 2.62. The Bertz CT molecular complexity index is 962. The molecule has 0 saturated heterocycles. The van der Waals surface area contributed by atoms with E-state index < -0.39 is 23.5 Å². The van der Waals surface area contributed by atoms with Gasteiger partial charge in [-0.05, 0) is 61.7 Å². The topological polar surface area (TPSA) is 88.6 Å². The molecule has 0 unspecified atom stereocenters. The summed E-state index contributed by atoms with van der Waals surface area (Å²) in [5.74, 6) is -2.07. The summed E-state index contributed by atoms with van der Waals surface area (Å²) in [6.45, 7) is 2.88. The van der Waals surface area contributed by atoms with Crippen LogP contribution in [0.4, 0.5) is 23.4 Å². The van der Waals surface area contributed by atoms with Gasteiger partial charge in [-0.3, -0.25) is 0 Å². The number of nitrogens with zero attached hydrogens (tertiary/aromatic N) is 2. The molecule has 0 amide bonds. The smallest absolute Gasteiger partial charge is 0.416 e. The monoisotopic (exact) mass is 395 g/mol. The van der Waals surface area contributed by atoms with Crippen molar-refractivity contribution in [2.45, 2.75) is 26.4 Å². The molecule has 2 rings (SSSR count). The van der Waals surface area contributed by atoms with Crippen molar-refractivity contribution < 1.29 is 27.5 Å². The molecular weight excluding hydrogens is 378 g/mol. The second-order valence-corrected chi connectivity index (χ2v) is 6.11. The first kappa shape index (κ1) is 21.1. The maximum Gasteiger partial charge on any atom is 0.416 e. The standard InChI is InChI=1S/C19H17F4N3O2/c1-10(24)17(18(27)28)11(2)26-16-8-12(3-4-25-16)5-13-6-14(19(21,22)23)9-15(20)7-13/h3-4,6-9H,5,24H2,1-2H3,(H,27,28)/b17-10+,26-11?. The number of rotatable bonds is 5. The highest BCUT2D eigenvalue weighted by molar-refractivity contribution is 6.19. The number of hydrogen-bond acceptors (Lipinski definition) is 4. The Kier molecular flexibility index (Phi) is 6.17. The van der Waals surface area contributed by atoms with Crippen LogP contribution in [0.5, 0.6) is 0 Å². The zero-order valence-corrected chi connectivity index (χ0v) is 15.0. The van der Waals surface area contributed by atoms with Gasteiger partial charge in [-0.1, -0.05) is 0 Å². The number of aliphatic carboxylic acids is 1. The zero-order valence-electron chi connectivity index (χ0n) is 15.0. The van der Waals surface area contributed by atoms with Gasteiger partial charge in [-0.25, -0.2) is 19.2 Å². The summed E-state index contributed by atoms with van der Waals surface area (Å²) in [4.78, 5) is 19.4. The van der Waals surface area contributed by atoms with Crippen molar-refractivity contribution in [3.05, 3.63) is 70.3 Å². The van der Waals surface area contributed by atoms with Gasteiger partial charge in [0.25, 0.3) is 0 Å². The van der Waals surface area contributed by atoms with Gasteiger partial charge >= 0.3 is 12.1 Å². The fourth-order valence-corrected chi connectivity index (χ4v) is 2.62. The van der Waals surface area contributed by atoms with Gasteiger partial charge in [-0.2, -0.15) is 13.2 Å². The van der Waals surface area contributed by atoms with Crippen LogP contribution in [0.1, 0.15) is 30.5 Å². The number of aliphatic imine (C=N–C) groups is 1. The molecular formula is C19H17F4N3O2. The van der Waals surface area contributed by atoms with Crippen LogP contribution in [0.25, 0.3) is 0 Å². The van der Waals surface area contributed by atoms with Crippen LogP contribution in [-0.2, 0) is 17.4 Å². The van der Waals surface area contributed by atoms with Crippen LogP contribution in [0.15, 0.2) is 52.8 Å². The van der Waals surface area contributed by atoms with Gasteiger partial charge in [0.1, 0.15) is 5.82 Å². The summed E-state index contributed by atoms with van der Waals surface area (Å²) in [6, 6.07) is 5.36. The molecule has 0 atom stereocenters. The molecule has 9 heteroatoms. The van der Waals surface area contributed by atoms with Crippen LogP contribution in [0.2, 0.25) is 0 Å². The van der Waals surface area contributed by atoms with Gasteiger partial charge in [-0.15, -0.1) is 0 Å². The second kappa shape index (κ2) is 8.20. The Morgan fingerprint density at radius 2 is 1.86 bits per heavy atom. The molecule has 0 spiro atoms. The molecule has 0 aliphatic carbocycles. The number of allylic oxidation sites excluding steroid dienone is 1. The Hall–Kier alpha value is -3.23. The number of alkyl halides is 3. The van der Waals surface area contributed by atoms with Crippen molar-refractivity contribution in [2.75, 3.05) is 0 Å². The minimum atomic E-state index is -4.65. The molecule has 1 aromatic heterocycles. The van der Waals surface area contributed by atoms with Crippen LogP contribution in [-0.4, -0.2) is 21.8 Å². The minimum absolute atomic E-state index is 0.0163. The van der Waals surface area contributed by atoms with E-state index >= 15 is 0 Å². The fraction of sp³-hybridized carbons (Fsp3) is 0.211. The molecule has 28 heavy (non-hydrogen) atoms. The van der Waals surface area contributed by atoms with Gasteiger partial charge in [0.05, 0.1) is 16.8 Å². The number of hydrogen-bond donors (Lipinski definition) is 2. The van der Waals surface area contributed by atoms with E-state index in [4.69, 9.17) is 5.73 Å². The summed E-state index contributed by atoms with van der Waals surface area (Å²) in [5, 5.41) is 9.19. The number of carbonyl (C=O) groups is 1. The quantitative estimate of drug-likeness (QED) is 0.450. The first-order valence-electron chi connectivity index (χ1n) is 8.04. The molecule has 148 valence electrons. The lowest BCUT2D eigenvalue weighted by atomic mass is 10.0. The number of carboxylic acids is 1. The predicted octanol–water partition coefficient (Wildman–Crippen LogP) is 4.24. The summed E-state index contributed by atoms with van der Waals surface area (Å²) in [7, 11) is 0. The van der Waals surface area contributed by atoms with E-state index in [-0.39, 0.29) is 34.8 Å². The predicted molar refractivity (Wildman–Crippen MR) is 95.7 cm³/mol. The second-order valence-electron chi connectivity index (χ2n) is 6.11. The molecule has 0 bridgehead atoms. The van der Waals surface area contributed by atoms with Crippen molar-refractivity contribution in [2.24, 2.45) is 10.7 Å². The summed E-state index contributed by atoms with van der Waals surface area (Å²) >= 11 is 0. The molecule has 0 aliphatic heterocycles. The number of benzene rings is 1. The van der Waals surface area contributed by atoms with Gasteiger partial charge in [0.2, 0.25) is 0 Å². The van der Waals surface area contributed by atoms with Crippen molar-refractivity contribution in [1.82, 2.24) is 4.98 Å². The van der Waals surface area contributed by atoms with Gasteiger partial charge in [0, 0.05) is 11.9 Å². The molecule has 2 aromatic rings. The third kappa shape index (κ3) is 5.38. The molecule has 5 nitrogen and oxygen atoms in total. The third-order valence-corrected chi connectivity index (χ3v) is 3.76. The van der Waals surface area contributed by atoms with E-state index in [2.05, 4.69) is 9.98 Å². The molecule has 0 radical (unpaired) electrons. The molecule has 0 fully saturated rings. The maximum atomic E-state index is 13.5. The van der Waals surface area contributed by atoms with E-state index in [1.807, 2.05) is 0 Å². The Morgan fingerprint density at radius 1 is 1.18 bits per heavy atom. The molecule has 0 saturated carbocycles. The number of halogens is 4. The summed E-state index contributed by atoms with van der Waals surface area (Å²) in [6.07, 6.45) is -3.26. The lowest BCUT2D eigenvalue weighted by Crippen LogP contribution is -2.15. The Morgan fingerprint density at radius 3 is 2.43 bits per heavy atom. The van der Waals surface area contributed by atoms with Crippen molar-refractivity contribution in [1.29, 1.82) is 0 Å². The highest BCUT2D eigenvalue weighted by Gasteiger charge is 2.31. The highest BCUT2D eigenvalue weighted by Crippen LogP contribution is 2.31.